The van der Waals surface area contributed by atoms with E-state index < -0.39 is 0 Å². The molecule has 1 heterocycles. The molecule has 0 spiro atoms. The molecule has 1 saturated heterocycles. The summed E-state index contributed by atoms with van der Waals surface area (Å²) in [7, 11) is 0. The topological polar surface area (TPSA) is 12.0 Å². The molecule has 2 unspecified atom stereocenters. The second-order valence-electron chi connectivity index (χ2n) is 4.34. The largest absolute Gasteiger partial charge is 0.314 e. The lowest BCUT2D eigenvalue weighted by molar-refractivity contribution is 0.510. The van der Waals surface area contributed by atoms with Crippen LogP contribution in [0.25, 0.3) is 0 Å². The lowest BCUT2D eigenvalue weighted by atomic mass is 9.93. The van der Waals surface area contributed by atoms with Gasteiger partial charge < -0.3 is 5.32 Å². The highest BCUT2D eigenvalue weighted by molar-refractivity contribution is 5.18. The van der Waals surface area contributed by atoms with E-state index in [-0.39, 0.29) is 0 Å². The molecule has 2 atom stereocenters. The molecular weight excluding hydrogens is 170 g/mol. The van der Waals surface area contributed by atoms with E-state index in [1.54, 1.807) is 0 Å². The molecule has 1 aromatic carbocycles. The summed E-state index contributed by atoms with van der Waals surface area (Å²) in [5.41, 5.74) is 1.47. The van der Waals surface area contributed by atoms with Crippen LogP contribution < -0.4 is 5.32 Å². The Morgan fingerprint density at radius 3 is 2.79 bits per heavy atom. The van der Waals surface area contributed by atoms with Crippen LogP contribution in [0.1, 0.15) is 37.7 Å². The Morgan fingerprint density at radius 2 is 2.14 bits per heavy atom. The lowest BCUT2D eigenvalue weighted by Gasteiger charge is -2.16. The molecule has 1 aromatic rings. The van der Waals surface area contributed by atoms with E-state index in [1.807, 2.05) is 0 Å². The fraction of sp³-hybridized carbons (Fsp3) is 0.538. The molecule has 2 rings (SSSR count). The predicted octanol–water partition coefficient (Wildman–Crippen LogP) is 2.93. The van der Waals surface area contributed by atoms with Gasteiger partial charge in [-0.15, -0.1) is 0 Å². The molecule has 0 radical (unpaired) electrons. The summed E-state index contributed by atoms with van der Waals surface area (Å²) >= 11 is 0. The highest BCUT2D eigenvalue weighted by Crippen LogP contribution is 2.23. The number of hydrogen-bond acceptors (Lipinski definition) is 1. The van der Waals surface area contributed by atoms with Gasteiger partial charge in [-0.3, -0.25) is 0 Å². The Morgan fingerprint density at radius 1 is 1.36 bits per heavy atom. The Kier molecular flexibility index (Phi) is 3.20. The maximum atomic E-state index is 3.56. The lowest BCUT2D eigenvalue weighted by Crippen LogP contribution is -2.22. The van der Waals surface area contributed by atoms with Crippen LogP contribution in [0.3, 0.4) is 0 Å². The fourth-order valence-corrected chi connectivity index (χ4v) is 2.30. The first-order chi connectivity index (χ1) is 6.86. The number of hydrogen-bond donors (Lipinski definition) is 1. The summed E-state index contributed by atoms with van der Waals surface area (Å²) in [6, 6.07) is 11.6. The Hall–Kier alpha value is -0.820. The first-order valence-corrected chi connectivity index (χ1v) is 5.64. The first-order valence-electron chi connectivity index (χ1n) is 5.64. The van der Waals surface area contributed by atoms with Gasteiger partial charge in [0.25, 0.3) is 0 Å². The average Bonchev–Trinajstić information content (AvgIpc) is 2.72. The SMILES string of the molecule is CC(CC1CCCN1)c1ccccc1. The van der Waals surface area contributed by atoms with E-state index in [0.29, 0.717) is 5.92 Å². The van der Waals surface area contributed by atoms with Crippen LogP contribution >= 0.6 is 0 Å². The van der Waals surface area contributed by atoms with Gasteiger partial charge in [0.05, 0.1) is 0 Å². The van der Waals surface area contributed by atoms with Gasteiger partial charge in [-0.1, -0.05) is 37.3 Å². The van der Waals surface area contributed by atoms with E-state index in [0.717, 1.165) is 6.04 Å². The van der Waals surface area contributed by atoms with Crippen molar-refractivity contribution in [2.45, 2.75) is 38.1 Å². The van der Waals surface area contributed by atoms with Gasteiger partial charge in [0.15, 0.2) is 0 Å². The maximum Gasteiger partial charge on any atom is 0.00732 e. The van der Waals surface area contributed by atoms with Crippen molar-refractivity contribution in [3.63, 3.8) is 0 Å². The van der Waals surface area contributed by atoms with Gasteiger partial charge in [0.2, 0.25) is 0 Å². The normalized spacial score (nSPS) is 23.6. The summed E-state index contributed by atoms with van der Waals surface area (Å²) in [4.78, 5) is 0. The molecule has 1 N–H and O–H groups in total. The van der Waals surface area contributed by atoms with Gasteiger partial charge in [0.1, 0.15) is 0 Å². The van der Waals surface area contributed by atoms with E-state index >= 15 is 0 Å². The van der Waals surface area contributed by atoms with Crippen molar-refractivity contribution < 1.29 is 0 Å². The highest BCUT2D eigenvalue weighted by atomic mass is 14.9. The maximum absolute atomic E-state index is 3.56. The van der Waals surface area contributed by atoms with Crippen LogP contribution in [0, 0.1) is 0 Å². The Bertz CT molecular complexity index is 262. The molecule has 1 fully saturated rings. The third-order valence-electron chi connectivity index (χ3n) is 3.17. The van der Waals surface area contributed by atoms with Crippen LogP contribution in [0.5, 0.6) is 0 Å². The van der Waals surface area contributed by atoms with E-state index in [4.69, 9.17) is 0 Å². The quantitative estimate of drug-likeness (QED) is 0.771. The fourth-order valence-electron chi connectivity index (χ4n) is 2.30. The molecule has 0 aromatic heterocycles. The van der Waals surface area contributed by atoms with Gasteiger partial charge in [-0.2, -0.15) is 0 Å². The Balaban J connectivity index is 1.92. The molecular formula is C13H19N. The van der Waals surface area contributed by atoms with Crippen LogP contribution in [0.4, 0.5) is 0 Å². The minimum atomic E-state index is 0.687. The zero-order valence-electron chi connectivity index (χ0n) is 8.87. The molecule has 0 aliphatic carbocycles. The van der Waals surface area contributed by atoms with Crippen LogP contribution in [0.2, 0.25) is 0 Å². The minimum absolute atomic E-state index is 0.687. The monoisotopic (exact) mass is 189 g/mol. The molecule has 14 heavy (non-hydrogen) atoms. The van der Waals surface area contributed by atoms with Crippen molar-refractivity contribution in [1.29, 1.82) is 0 Å². The summed E-state index contributed by atoms with van der Waals surface area (Å²) in [6.07, 6.45) is 3.99. The zero-order valence-corrected chi connectivity index (χ0v) is 8.87. The van der Waals surface area contributed by atoms with Crippen molar-refractivity contribution in [3.8, 4) is 0 Å². The molecule has 1 aliphatic rings. The summed E-state index contributed by atoms with van der Waals surface area (Å²) in [5, 5.41) is 3.56. The molecule has 1 aliphatic heterocycles. The van der Waals surface area contributed by atoms with Crippen molar-refractivity contribution in [1.82, 2.24) is 5.32 Å². The van der Waals surface area contributed by atoms with Crippen molar-refractivity contribution in [3.05, 3.63) is 35.9 Å². The highest BCUT2D eigenvalue weighted by Gasteiger charge is 2.17. The zero-order chi connectivity index (χ0) is 9.80. The van der Waals surface area contributed by atoms with Crippen LogP contribution in [0.15, 0.2) is 30.3 Å². The van der Waals surface area contributed by atoms with Crippen LogP contribution in [-0.2, 0) is 0 Å². The average molecular weight is 189 g/mol. The third kappa shape index (κ3) is 2.36. The van der Waals surface area contributed by atoms with Gasteiger partial charge in [-0.05, 0) is 37.3 Å². The second kappa shape index (κ2) is 4.61. The number of benzene rings is 1. The van der Waals surface area contributed by atoms with E-state index in [1.165, 1.54) is 31.4 Å². The summed E-state index contributed by atoms with van der Waals surface area (Å²) in [5.74, 6) is 0.687. The van der Waals surface area contributed by atoms with Gasteiger partial charge in [0, 0.05) is 6.04 Å². The predicted molar refractivity (Wildman–Crippen MR) is 60.5 cm³/mol. The minimum Gasteiger partial charge on any atom is -0.314 e. The van der Waals surface area contributed by atoms with Crippen molar-refractivity contribution >= 4 is 0 Å². The van der Waals surface area contributed by atoms with Crippen LogP contribution in [-0.4, -0.2) is 12.6 Å². The first kappa shape index (κ1) is 9.72. The number of rotatable bonds is 3. The molecule has 1 heteroatoms. The molecule has 76 valence electrons. The molecule has 0 saturated carbocycles. The summed E-state index contributed by atoms with van der Waals surface area (Å²) < 4.78 is 0. The van der Waals surface area contributed by atoms with Crippen molar-refractivity contribution in [2.24, 2.45) is 0 Å². The standard InChI is InChI=1S/C13H19N/c1-11(10-13-8-5-9-14-13)12-6-3-2-4-7-12/h2-4,6-7,11,13-14H,5,8-10H2,1H3. The third-order valence-corrected chi connectivity index (χ3v) is 3.17. The number of nitrogens with one attached hydrogen (secondary N) is 1. The van der Waals surface area contributed by atoms with E-state index in [2.05, 4.69) is 42.6 Å². The molecule has 1 nitrogen and oxygen atoms in total. The molecule has 0 bridgehead atoms. The Labute approximate surface area is 86.5 Å². The second-order valence-corrected chi connectivity index (χ2v) is 4.34. The molecule has 0 amide bonds. The van der Waals surface area contributed by atoms with Gasteiger partial charge in [-0.25, -0.2) is 0 Å². The van der Waals surface area contributed by atoms with Gasteiger partial charge >= 0.3 is 0 Å². The smallest absolute Gasteiger partial charge is 0.00732 e. The summed E-state index contributed by atoms with van der Waals surface area (Å²) in [6.45, 7) is 3.54. The van der Waals surface area contributed by atoms with E-state index in [9.17, 15) is 0 Å². The van der Waals surface area contributed by atoms with Crippen molar-refractivity contribution in [2.75, 3.05) is 6.54 Å².